The Balaban J connectivity index is 1.53. The fraction of sp³-hybridized carbons (Fsp3) is 0.188. The number of carbonyl (C=O) groups excluding carboxylic acids is 1. The molecule has 0 bridgehead atoms. The monoisotopic (exact) mass is 407 g/mol. The second kappa shape index (κ2) is 7.59. The summed E-state index contributed by atoms with van der Waals surface area (Å²) in [5.41, 5.74) is 0. The molecule has 0 aliphatic heterocycles. The van der Waals surface area contributed by atoms with Crippen LogP contribution in [-0.2, 0) is 11.3 Å². The van der Waals surface area contributed by atoms with Gasteiger partial charge in [0, 0.05) is 11.5 Å². The summed E-state index contributed by atoms with van der Waals surface area (Å²) in [4.78, 5) is 18.8. The van der Waals surface area contributed by atoms with Gasteiger partial charge in [0.1, 0.15) is 5.75 Å². The van der Waals surface area contributed by atoms with E-state index in [1.807, 2.05) is 29.6 Å². The van der Waals surface area contributed by atoms with Gasteiger partial charge in [-0.15, -0.1) is 11.3 Å². The van der Waals surface area contributed by atoms with E-state index in [-0.39, 0.29) is 19.1 Å². The van der Waals surface area contributed by atoms with E-state index < -0.39 is 0 Å². The molecule has 6 nitrogen and oxygen atoms in total. The van der Waals surface area contributed by atoms with Gasteiger partial charge < -0.3 is 14.2 Å². The fourth-order valence-electron chi connectivity index (χ4n) is 1.90. The second-order valence-electron chi connectivity index (χ2n) is 4.98. The minimum atomic E-state index is -0.172. The number of thiophene rings is 1. The third kappa shape index (κ3) is 4.21. The lowest BCUT2D eigenvalue weighted by molar-refractivity contribution is -0.132. The fourth-order valence-corrected chi connectivity index (χ4v) is 2.82. The molecule has 1 amide bonds. The van der Waals surface area contributed by atoms with Crippen molar-refractivity contribution in [3.05, 3.63) is 52.1 Å². The number of carbonyl (C=O) groups is 1. The molecule has 2 heterocycles. The van der Waals surface area contributed by atoms with Crippen LogP contribution in [0.25, 0.3) is 10.7 Å². The number of ether oxygens (including phenoxy) is 1. The standard InChI is InChI=1S/C16H14BrN3O3S/c1-20(15(21)10-22-12-6-4-11(17)5-7-12)9-14-18-16(19-23-14)13-3-2-8-24-13/h2-8H,9-10H2,1H3. The Morgan fingerprint density at radius 2 is 2.12 bits per heavy atom. The summed E-state index contributed by atoms with van der Waals surface area (Å²) in [6.07, 6.45) is 0. The van der Waals surface area contributed by atoms with Gasteiger partial charge in [-0.2, -0.15) is 4.98 Å². The van der Waals surface area contributed by atoms with E-state index in [0.717, 1.165) is 9.35 Å². The Kier molecular flexibility index (Phi) is 5.27. The van der Waals surface area contributed by atoms with Gasteiger partial charge in [0.15, 0.2) is 6.61 Å². The smallest absolute Gasteiger partial charge is 0.260 e. The van der Waals surface area contributed by atoms with E-state index in [2.05, 4.69) is 26.1 Å². The van der Waals surface area contributed by atoms with Gasteiger partial charge in [0.2, 0.25) is 11.7 Å². The first-order valence-corrected chi connectivity index (χ1v) is 8.78. The van der Waals surface area contributed by atoms with Gasteiger partial charge in [-0.05, 0) is 35.7 Å². The van der Waals surface area contributed by atoms with Crippen molar-refractivity contribution in [1.29, 1.82) is 0 Å². The first kappa shape index (κ1) is 16.7. The maximum Gasteiger partial charge on any atom is 0.260 e. The van der Waals surface area contributed by atoms with Crippen LogP contribution in [0.2, 0.25) is 0 Å². The Morgan fingerprint density at radius 1 is 1.33 bits per heavy atom. The molecule has 1 aromatic carbocycles. The van der Waals surface area contributed by atoms with Crippen molar-refractivity contribution in [2.24, 2.45) is 0 Å². The highest BCUT2D eigenvalue weighted by molar-refractivity contribution is 9.10. The highest BCUT2D eigenvalue weighted by Gasteiger charge is 2.15. The first-order chi connectivity index (χ1) is 11.6. The number of halogens is 1. The number of nitrogens with zero attached hydrogens (tertiary/aromatic N) is 3. The van der Waals surface area contributed by atoms with Crippen LogP contribution >= 0.6 is 27.3 Å². The van der Waals surface area contributed by atoms with Crippen molar-refractivity contribution >= 4 is 33.2 Å². The third-order valence-corrected chi connectivity index (χ3v) is 4.58. The molecule has 3 aromatic rings. The predicted octanol–water partition coefficient (Wildman–Crippen LogP) is 3.60. The molecule has 0 fully saturated rings. The number of benzene rings is 1. The maximum absolute atomic E-state index is 12.1. The normalized spacial score (nSPS) is 10.6. The molecule has 0 saturated carbocycles. The van der Waals surface area contributed by atoms with E-state index in [1.54, 1.807) is 19.2 Å². The van der Waals surface area contributed by atoms with Crippen molar-refractivity contribution in [1.82, 2.24) is 15.0 Å². The third-order valence-electron chi connectivity index (χ3n) is 3.18. The zero-order valence-electron chi connectivity index (χ0n) is 12.8. The number of hydrogen-bond acceptors (Lipinski definition) is 6. The minimum Gasteiger partial charge on any atom is -0.484 e. The summed E-state index contributed by atoms with van der Waals surface area (Å²) >= 11 is 4.88. The largest absolute Gasteiger partial charge is 0.484 e. The Hall–Kier alpha value is -2.19. The van der Waals surface area contributed by atoms with Crippen LogP contribution in [0.3, 0.4) is 0 Å². The van der Waals surface area contributed by atoms with E-state index in [0.29, 0.717) is 17.5 Å². The molecule has 2 aromatic heterocycles. The van der Waals surface area contributed by atoms with Crippen LogP contribution in [0.15, 0.2) is 50.8 Å². The summed E-state index contributed by atoms with van der Waals surface area (Å²) in [6, 6.07) is 11.1. The highest BCUT2D eigenvalue weighted by atomic mass is 79.9. The van der Waals surface area contributed by atoms with Crippen molar-refractivity contribution < 1.29 is 14.1 Å². The van der Waals surface area contributed by atoms with Crippen LogP contribution in [0, 0.1) is 0 Å². The maximum atomic E-state index is 12.1. The zero-order valence-corrected chi connectivity index (χ0v) is 15.2. The molecule has 0 aliphatic rings. The molecule has 0 aliphatic carbocycles. The number of aromatic nitrogens is 2. The van der Waals surface area contributed by atoms with Gasteiger partial charge in [0.05, 0.1) is 11.4 Å². The summed E-state index contributed by atoms with van der Waals surface area (Å²) in [5.74, 6) is 1.39. The minimum absolute atomic E-state index is 0.0515. The van der Waals surface area contributed by atoms with Crippen molar-refractivity contribution in [2.45, 2.75) is 6.54 Å². The quantitative estimate of drug-likeness (QED) is 0.624. The molecular weight excluding hydrogens is 394 g/mol. The number of likely N-dealkylation sites (N-methyl/N-ethyl adjacent to an activating group) is 1. The van der Waals surface area contributed by atoms with Crippen molar-refractivity contribution in [3.63, 3.8) is 0 Å². The summed E-state index contributed by atoms with van der Waals surface area (Å²) in [5, 5.41) is 5.87. The van der Waals surface area contributed by atoms with Gasteiger partial charge in [-0.1, -0.05) is 27.2 Å². The molecule has 24 heavy (non-hydrogen) atoms. The van der Waals surface area contributed by atoms with E-state index >= 15 is 0 Å². The topological polar surface area (TPSA) is 68.5 Å². The molecule has 8 heteroatoms. The lowest BCUT2D eigenvalue weighted by Crippen LogP contribution is -2.31. The van der Waals surface area contributed by atoms with E-state index in [1.165, 1.54) is 16.2 Å². The number of amides is 1. The van der Waals surface area contributed by atoms with E-state index in [4.69, 9.17) is 9.26 Å². The molecule has 0 spiro atoms. The zero-order chi connectivity index (χ0) is 16.9. The molecule has 0 unspecified atom stereocenters. The highest BCUT2D eigenvalue weighted by Crippen LogP contribution is 2.21. The number of hydrogen-bond donors (Lipinski definition) is 0. The Labute approximate surface area is 151 Å². The molecule has 0 atom stereocenters. The molecular formula is C16H14BrN3O3S. The molecule has 124 valence electrons. The van der Waals surface area contributed by atoms with Crippen LogP contribution in [0.4, 0.5) is 0 Å². The summed E-state index contributed by atoms with van der Waals surface area (Å²) in [7, 11) is 1.67. The van der Waals surface area contributed by atoms with Gasteiger partial charge in [-0.3, -0.25) is 4.79 Å². The molecule has 0 N–H and O–H groups in total. The molecule has 0 radical (unpaired) electrons. The van der Waals surface area contributed by atoms with Crippen molar-refractivity contribution in [3.8, 4) is 16.5 Å². The predicted molar refractivity (Wildman–Crippen MR) is 93.7 cm³/mol. The second-order valence-corrected chi connectivity index (χ2v) is 6.84. The lowest BCUT2D eigenvalue weighted by atomic mass is 10.3. The van der Waals surface area contributed by atoms with Crippen LogP contribution in [-0.4, -0.2) is 34.6 Å². The lowest BCUT2D eigenvalue weighted by Gasteiger charge is -2.15. The summed E-state index contributed by atoms with van der Waals surface area (Å²) in [6.45, 7) is 0.185. The number of rotatable bonds is 6. The van der Waals surface area contributed by atoms with Gasteiger partial charge >= 0.3 is 0 Å². The average Bonchev–Trinajstić information content (AvgIpc) is 3.25. The van der Waals surface area contributed by atoms with Crippen LogP contribution in [0.5, 0.6) is 5.75 Å². The SMILES string of the molecule is CN(Cc1nc(-c2cccs2)no1)C(=O)COc1ccc(Br)cc1. The van der Waals surface area contributed by atoms with E-state index in [9.17, 15) is 4.79 Å². The average molecular weight is 408 g/mol. The first-order valence-electron chi connectivity index (χ1n) is 7.10. The van der Waals surface area contributed by atoms with Crippen LogP contribution < -0.4 is 4.74 Å². The molecule has 3 rings (SSSR count). The van der Waals surface area contributed by atoms with Crippen LogP contribution in [0.1, 0.15) is 5.89 Å². The summed E-state index contributed by atoms with van der Waals surface area (Å²) < 4.78 is 11.6. The van der Waals surface area contributed by atoms with Crippen molar-refractivity contribution in [2.75, 3.05) is 13.7 Å². The van der Waals surface area contributed by atoms with Gasteiger partial charge in [0.25, 0.3) is 5.91 Å². The Morgan fingerprint density at radius 3 is 2.83 bits per heavy atom. The molecule has 0 saturated heterocycles. The van der Waals surface area contributed by atoms with Gasteiger partial charge in [-0.25, -0.2) is 0 Å². The Bertz CT molecular complexity index is 802.